The van der Waals surface area contributed by atoms with Gasteiger partial charge in [0.2, 0.25) is 0 Å². The number of hydrogen-bond donors (Lipinski definition) is 1. The van der Waals surface area contributed by atoms with Crippen molar-refractivity contribution in [3.8, 4) is 11.5 Å². The fourth-order valence-electron chi connectivity index (χ4n) is 3.84. The van der Waals surface area contributed by atoms with Crippen molar-refractivity contribution in [3.63, 3.8) is 0 Å². The Hall–Kier alpha value is -2.14. The minimum absolute atomic E-state index is 0.105. The molecule has 1 aliphatic carbocycles. The van der Waals surface area contributed by atoms with Gasteiger partial charge in [-0.1, -0.05) is 30.5 Å². The topological polar surface area (TPSA) is 52.5 Å². The molecule has 0 spiro atoms. The Morgan fingerprint density at radius 3 is 2.56 bits per heavy atom. The second-order valence-corrected chi connectivity index (χ2v) is 7.19. The van der Waals surface area contributed by atoms with Gasteiger partial charge in [-0.2, -0.15) is 0 Å². The highest BCUT2D eigenvalue weighted by Crippen LogP contribution is 2.42. The van der Waals surface area contributed by atoms with Crippen LogP contribution in [0.1, 0.15) is 41.7 Å². The Morgan fingerprint density at radius 1 is 1.16 bits per heavy atom. The molecule has 1 fully saturated rings. The van der Waals surface area contributed by atoms with E-state index in [2.05, 4.69) is 5.32 Å². The molecule has 1 aliphatic heterocycles. The fraction of sp³-hybridized carbons (Fsp3) is 0.421. The predicted octanol–water partition coefficient (Wildman–Crippen LogP) is 3.65. The summed E-state index contributed by atoms with van der Waals surface area (Å²) in [4.78, 5) is 12.9. The van der Waals surface area contributed by atoms with Crippen molar-refractivity contribution in [2.24, 2.45) is 7.05 Å². The average Bonchev–Trinajstić information content (AvgIpc) is 3.21. The first kappa shape index (κ1) is 16.3. The van der Waals surface area contributed by atoms with Crippen LogP contribution in [0.2, 0.25) is 5.02 Å². The minimum atomic E-state index is -0.371. The summed E-state index contributed by atoms with van der Waals surface area (Å²) < 4.78 is 13.1. The molecule has 1 aromatic carbocycles. The van der Waals surface area contributed by atoms with Gasteiger partial charge in [-0.25, -0.2) is 0 Å². The number of fused-ring (bicyclic) bond motifs is 1. The van der Waals surface area contributed by atoms with Crippen molar-refractivity contribution in [1.82, 2.24) is 9.88 Å². The Bertz CT molecular complexity index is 809. The molecule has 0 radical (unpaired) electrons. The number of nitrogens with zero attached hydrogens (tertiary/aromatic N) is 1. The fourth-order valence-corrected chi connectivity index (χ4v) is 4.09. The maximum atomic E-state index is 12.9. The minimum Gasteiger partial charge on any atom is -0.486 e. The van der Waals surface area contributed by atoms with Gasteiger partial charge in [0.1, 0.15) is 18.9 Å². The van der Waals surface area contributed by atoms with Gasteiger partial charge in [-0.05, 0) is 36.6 Å². The molecular formula is C19H21ClN2O3. The number of amides is 1. The largest absolute Gasteiger partial charge is 0.486 e. The number of aromatic nitrogens is 1. The van der Waals surface area contributed by atoms with Crippen LogP contribution in [0.4, 0.5) is 0 Å². The first-order valence-corrected chi connectivity index (χ1v) is 9.00. The molecule has 2 aliphatic rings. The molecule has 1 aromatic heterocycles. The number of carbonyl (C=O) groups excluding carboxylic acids is 1. The zero-order valence-corrected chi connectivity index (χ0v) is 14.9. The molecule has 132 valence electrons. The zero-order chi connectivity index (χ0) is 17.4. The molecule has 1 N–H and O–H groups in total. The van der Waals surface area contributed by atoms with Gasteiger partial charge in [-0.15, -0.1) is 0 Å². The lowest BCUT2D eigenvalue weighted by Crippen LogP contribution is -2.44. The van der Waals surface area contributed by atoms with Gasteiger partial charge in [0.15, 0.2) is 11.5 Å². The molecule has 1 amide bonds. The molecule has 5 nitrogen and oxygen atoms in total. The van der Waals surface area contributed by atoms with E-state index in [0.717, 1.165) is 42.7 Å². The molecule has 0 atom stereocenters. The number of hydrogen-bond acceptors (Lipinski definition) is 3. The van der Waals surface area contributed by atoms with E-state index in [1.165, 1.54) is 0 Å². The number of nitrogens with one attached hydrogen (secondary N) is 1. The maximum absolute atomic E-state index is 12.9. The van der Waals surface area contributed by atoms with E-state index < -0.39 is 0 Å². The van der Waals surface area contributed by atoms with Gasteiger partial charge in [0.25, 0.3) is 5.91 Å². The summed E-state index contributed by atoms with van der Waals surface area (Å²) in [5.74, 6) is 1.42. The molecule has 6 heteroatoms. The van der Waals surface area contributed by atoms with Crippen molar-refractivity contribution < 1.29 is 14.3 Å². The summed E-state index contributed by atoms with van der Waals surface area (Å²) in [6.45, 7) is 1.13. The summed E-state index contributed by atoms with van der Waals surface area (Å²) in [5.41, 5.74) is 1.26. The molecule has 0 bridgehead atoms. The van der Waals surface area contributed by atoms with Crippen LogP contribution in [0, 0.1) is 0 Å². The smallest absolute Gasteiger partial charge is 0.268 e. The predicted molar refractivity (Wildman–Crippen MR) is 95.5 cm³/mol. The Balaban J connectivity index is 1.66. The van der Waals surface area contributed by atoms with Crippen LogP contribution in [-0.4, -0.2) is 23.7 Å². The van der Waals surface area contributed by atoms with Crippen molar-refractivity contribution >= 4 is 17.5 Å². The lowest BCUT2D eigenvalue weighted by molar-refractivity contribution is 0.0889. The van der Waals surface area contributed by atoms with Crippen LogP contribution in [0.25, 0.3) is 0 Å². The molecule has 2 aromatic rings. The van der Waals surface area contributed by atoms with Crippen molar-refractivity contribution in [3.05, 3.63) is 46.7 Å². The highest BCUT2D eigenvalue weighted by atomic mass is 35.5. The van der Waals surface area contributed by atoms with Gasteiger partial charge in [0, 0.05) is 13.2 Å². The Labute approximate surface area is 151 Å². The van der Waals surface area contributed by atoms with E-state index >= 15 is 0 Å². The Morgan fingerprint density at radius 2 is 1.88 bits per heavy atom. The van der Waals surface area contributed by atoms with Gasteiger partial charge >= 0.3 is 0 Å². The third kappa shape index (κ3) is 2.97. The van der Waals surface area contributed by atoms with Gasteiger partial charge in [0.05, 0.1) is 10.6 Å². The second-order valence-electron chi connectivity index (χ2n) is 6.76. The number of aryl methyl sites for hydroxylation is 1. The highest BCUT2D eigenvalue weighted by Gasteiger charge is 2.38. The van der Waals surface area contributed by atoms with Crippen molar-refractivity contribution in [1.29, 1.82) is 0 Å². The third-order valence-corrected chi connectivity index (χ3v) is 5.32. The quantitative estimate of drug-likeness (QED) is 0.909. The molecule has 0 unspecified atom stereocenters. The number of carbonyl (C=O) groups is 1. The average molecular weight is 361 g/mol. The zero-order valence-electron chi connectivity index (χ0n) is 14.2. The number of halogens is 1. The van der Waals surface area contributed by atoms with Crippen molar-refractivity contribution in [2.75, 3.05) is 13.2 Å². The van der Waals surface area contributed by atoms with E-state index in [-0.39, 0.29) is 11.4 Å². The highest BCUT2D eigenvalue weighted by molar-refractivity contribution is 6.31. The van der Waals surface area contributed by atoms with E-state index in [4.69, 9.17) is 21.1 Å². The number of ether oxygens (including phenoxy) is 2. The molecule has 25 heavy (non-hydrogen) atoms. The summed E-state index contributed by atoms with van der Waals surface area (Å²) >= 11 is 6.03. The molecule has 4 rings (SSSR count). The lowest BCUT2D eigenvalue weighted by atomic mass is 9.87. The standard InChI is InChI=1S/C19H21ClN2O3/c1-22-12-14(20)11-15(22)18(23)21-19(6-2-3-7-19)13-4-5-16-17(10-13)25-9-8-24-16/h4-5,10-12H,2-3,6-9H2,1H3,(H,21,23). The summed E-state index contributed by atoms with van der Waals surface area (Å²) in [6, 6.07) is 7.69. The van der Waals surface area contributed by atoms with E-state index in [9.17, 15) is 4.79 Å². The summed E-state index contributed by atoms with van der Waals surface area (Å²) in [6.07, 6.45) is 5.74. The third-order valence-electron chi connectivity index (χ3n) is 5.11. The number of benzene rings is 1. The van der Waals surface area contributed by atoms with Crippen LogP contribution in [0.15, 0.2) is 30.5 Å². The summed E-state index contributed by atoms with van der Waals surface area (Å²) in [7, 11) is 1.83. The van der Waals surface area contributed by atoms with E-state index in [1.54, 1.807) is 16.8 Å². The SMILES string of the molecule is Cn1cc(Cl)cc1C(=O)NC1(c2ccc3c(c2)OCCO3)CCCC1. The monoisotopic (exact) mass is 360 g/mol. The van der Waals surface area contributed by atoms with Crippen LogP contribution < -0.4 is 14.8 Å². The first-order chi connectivity index (χ1) is 12.1. The molecular weight excluding hydrogens is 340 g/mol. The van der Waals surface area contributed by atoms with Crippen molar-refractivity contribution in [2.45, 2.75) is 31.2 Å². The molecule has 1 saturated carbocycles. The van der Waals surface area contributed by atoms with Gasteiger partial charge in [-0.3, -0.25) is 4.79 Å². The Kier molecular flexibility index (Phi) is 4.12. The van der Waals surface area contributed by atoms with Gasteiger partial charge < -0.3 is 19.4 Å². The van der Waals surface area contributed by atoms with Crippen LogP contribution in [-0.2, 0) is 12.6 Å². The van der Waals surface area contributed by atoms with Crippen LogP contribution >= 0.6 is 11.6 Å². The lowest BCUT2D eigenvalue weighted by Gasteiger charge is -2.32. The van der Waals surface area contributed by atoms with Crippen LogP contribution in [0.3, 0.4) is 0 Å². The molecule has 2 heterocycles. The van der Waals surface area contributed by atoms with E-state index in [1.807, 2.05) is 25.2 Å². The number of rotatable bonds is 3. The normalized spacial score (nSPS) is 18.2. The van der Waals surface area contributed by atoms with Crippen LogP contribution in [0.5, 0.6) is 11.5 Å². The summed E-state index contributed by atoms with van der Waals surface area (Å²) in [5, 5.41) is 3.83. The van der Waals surface area contributed by atoms with E-state index in [0.29, 0.717) is 23.9 Å². The molecule has 0 saturated heterocycles. The second kappa shape index (κ2) is 6.30. The first-order valence-electron chi connectivity index (χ1n) is 8.62. The maximum Gasteiger partial charge on any atom is 0.268 e.